The number of halogens is 3. The second-order valence-electron chi connectivity index (χ2n) is 7.79. The third-order valence-electron chi connectivity index (χ3n) is 5.06. The molecule has 1 aliphatic heterocycles. The molecule has 0 aromatic heterocycles. The molecule has 190 valence electrons. The molecule has 3 aromatic carbocycles. The van der Waals surface area contributed by atoms with Crippen LogP contribution in [-0.4, -0.2) is 30.7 Å². The number of aryl methyl sites for hydroxylation is 1. The fraction of sp³-hybridized carbons (Fsp3) is 0.115. The Labute approximate surface area is 236 Å². The molecule has 11 heteroatoms. The summed E-state index contributed by atoms with van der Waals surface area (Å²) in [7, 11) is 1.49. The number of nitrogens with zero attached hydrogens (tertiary/aromatic N) is 1. The first kappa shape index (κ1) is 27.1. The van der Waals surface area contributed by atoms with Crippen LogP contribution in [0.5, 0.6) is 11.5 Å². The highest BCUT2D eigenvalue weighted by Crippen LogP contribution is 2.38. The maximum absolute atomic E-state index is 12.5. The molecule has 1 heterocycles. The SMILES string of the molecule is COc1cc(/C=C2\SC(=Nc3ccc(Cl)cc3)NC2=O)cc(Br)c1OCC(=O)Nc1ccc(C)c(Cl)c1. The van der Waals surface area contributed by atoms with E-state index in [9.17, 15) is 9.59 Å². The molecule has 0 saturated carbocycles. The first-order valence-electron chi connectivity index (χ1n) is 10.8. The summed E-state index contributed by atoms with van der Waals surface area (Å²) in [6.45, 7) is 1.63. The van der Waals surface area contributed by atoms with Gasteiger partial charge in [-0.05, 0) is 100 Å². The molecule has 0 unspecified atom stereocenters. The molecule has 3 aromatic rings. The average molecular weight is 621 g/mol. The van der Waals surface area contributed by atoms with Gasteiger partial charge in [0, 0.05) is 15.7 Å². The summed E-state index contributed by atoms with van der Waals surface area (Å²) in [5, 5.41) is 7.13. The number of ether oxygens (including phenoxy) is 2. The summed E-state index contributed by atoms with van der Waals surface area (Å²) in [6.07, 6.45) is 1.72. The highest BCUT2D eigenvalue weighted by atomic mass is 79.9. The molecule has 2 N–H and O–H groups in total. The maximum atomic E-state index is 12.5. The minimum Gasteiger partial charge on any atom is -0.493 e. The maximum Gasteiger partial charge on any atom is 0.264 e. The standard InChI is InChI=1S/C26H20BrCl2N3O4S/c1-14-3-6-18(12-20(14)29)30-23(33)13-36-24-19(27)9-15(10-21(24)35-2)11-22-25(34)32-26(37-22)31-17-7-4-16(28)5-8-17/h3-12H,13H2,1-2H3,(H,30,33)(H,31,32,34)/b22-11-. The van der Waals surface area contributed by atoms with Gasteiger partial charge in [-0.1, -0.05) is 29.3 Å². The number of amidine groups is 1. The van der Waals surface area contributed by atoms with Crippen LogP contribution in [0.3, 0.4) is 0 Å². The van der Waals surface area contributed by atoms with E-state index in [1.54, 1.807) is 54.6 Å². The van der Waals surface area contributed by atoms with Gasteiger partial charge in [0.1, 0.15) is 0 Å². The number of amides is 2. The first-order chi connectivity index (χ1) is 17.7. The van der Waals surface area contributed by atoms with Crippen LogP contribution in [0.2, 0.25) is 10.0 Å². The van der Waals surface area contributed by atoms with Gasteiger partial charge in [0.2, 0.25) is 0 Å². The summed E-state index contributed by atoms with van der Waals surface area (Å²) >= 11 is 16.7. The molecule has 4 rings (SSSR count). The van der Waals surface area contributed by atoms with Crippen LogP contribution in [0.4, 0.5) is 11.4 Å². The molecular weight excluding hydrogens is 601 g/mol. The van der Waals surface area contributed by atoms with Crippen molar-refractivity contribution in [3.8, 4) is 11.5 Å². The normalized spacial score (nSPS) is 15.1. The minimum absolute atomic E-state index is 0.246. The van der Waals surface area contributed by atoms with Gasteiger partial charge >= 0.3 is 0 Å². The molecule has 2 amide bonds. The van der Waals surface area contributed by atoms with E-state index >= 15 is 0 Å². The molecule has 1 aliphatic rings. The first-order valence-corrected chi connectivity index (χ1v) is 13.2. The highest BCUT2D eigenvalue weighted by molar-refractivity contribution is 9.10. The van der Waals surface area contributed by atoms with Crippen molar-refractivity contribution in [2.75, 3.05) is 19.0 Å². The average Bonchev–Trinajstić information content (AvgIpc) is 3.20. The van der Waals surface area contributed by atoms with Gasteiger partial charge in [-0.15, -0.1) is 0 Å². The van der Waals surface area contributed by atoms with Crippen molar-refractivity contribution >= 4 is 85.3 Å². The molecule has 1 saturated heterocycles. The van der Waals surface area contributed by atoms with Crippen LogP contribution >= 0.6 is 50.9 Å². The number of hydrogen-bond acceptors (Lipinski definition) is 6. The number of benzene rings is 3. The van der Waals surface area contributed by atoms with Gasteiger partial charge in [0.15, 0.2) is 23.3 Å². The Hall–Kier alpha value is -2.98. The zero-order valence-corrected chi connectivity index (χ0v) is 23.5. The lowest BCUT2D eigenvalue weighted by Crippen LogP contribution is -2.20. The van der Waals surface area contributed by atoms with Crippen molar-refractivity contribution in [1.82, 2.24) is 5.32 Å². The van der Waals surface area contributed by atoms with Crippen molar-refractivity contribution in [3.63, 3.8) is 0 Å². The number of aliphatic imine (C=N–C) groups is 1. The summed E-state index contributed by atoms with van der Waals surface area (Å²) < 4.78 is 11.8. The number of carbonyl (C=O) groups excluding carboxylic acids is 2. The smallest absolute Gasteiger partial charge is 0.264 e. The number of thioether (sulfide) groups is 1. The van der Waals surface area contributed by atoms with Crippen molar-refractivity contribution in [2.45, 2.75) is 6.92 Å². The Morgan fingerprint density at radius 1 is 1.16 bits per heavy atom. The van der Waals surface area contributed by atoms with Gasteiger partial charge in [0.25, 0.3) is 11.8 Å². The van der Waals surface area contributed by atoms with Crippen LogP contribution in [0, 0.1) is 6.92 Å². The Kier molecular flexibility index (Phi) is 8.81. The van der Waals surface area contributed by atoms with Gasteiger partial charge in [-0.2, -0.15) is 0 Å². The van der Waals surface area contributed by atoms with Gasteiger partial charge < -0.3 is 20.1 Å². The van der Waals surface area contributed by atoms with Gasteiger partial charge in [-0.3, -0.25) is 9.59 Å². The third kappa shape index (κ3) is 7.07. The molecular formula is C26H20BrCl2N3O4S. The zero-order valence-electron chi connectivity index (χ0n) is 19.6. The van der Waals surface area contributed by atoms with E-state index < -0.39 is 0 Å². The van der Waals surface area contributed by atoms with Crippen LogP contribution in [0.1, 0.15) is 11.1 Å². The predicted molar refractivity (Wildman–Crippen MR) is 153 cm³/mol. The number of nitrogens with one attached hydrogen (secondary N) is 2. The topological polar surface area (TPSA) is 89.0 Å². The molecule has 7 nitrogen and oxygen atoms in total. The largest absolute Gasteiger partial charge is 0.493 e. The summed E-state index contributed by atoms with van der Waals surface area (Å²) in [6, 6.07) is 15.7. The lowest BCUT2D eigenvalue weighted by atomic mass is 10.2. The monoisotopic (exact) mass is 619 g/mol. The number of anilines is 1. The van der Waals surface area contributed by atoms with Gasteiger partial charge in [0.05, 0.1) is 22.2 Å². The zero-order chi connectivity index (χ0) is 26.5. The van der Waals surface area contributed by atoms with E-state index in [1.165, 1.54) is 18.9 Å². The fourth-order valence-electron chi connectivity index (χ4n) is 3.23. The van der Waals surface area contributed by atoms with E-state index in [1.807, 2.05) is 13.0 Å². The number of hydrogen-bond donors (Lipinski definition) is 2. The van der Waals surface area contributed by atoms with E-state index in [0.717, 1.165) is 5.56 Å². The Bertz CT molecular complexity index is 1430. The van der Waals surface area contributed by atoms with Crippen molar-refractivity contribution in [3.05, 3.63) is 85.1 Å². The summed E-state index contributed by atoms with van der Waals surface area (Å²) in [5.74, 6) is 0.133. The lowest BCUT2D eigenvalue weighted by molar-refractivity contribution is -0.118. The van der Waals surface area contributed by atoms with Crippen LogP contribution in [0.25, 0.3) is 6.08 Å². The minimum atomic E-state index is -0.355. The number of methoxy groups -OCH3 is 1. The second kappa shape index (κ2) is 12.0. The Morgan fingerprint density at radius 2 is 1.92 bits per heavy atom. The van der Waals surface area contributed by atoms with Crippen molar-refractivity contribution in [2.24, 2.45) is 4.99 Å². The molecule has 37 heavy (non-hydrogen) atoms. The van der Waals surface area contributed by atoms with Crippen LogP contribution in [-0.2, 0) is 9.59 Å². The van der Waals surface area contributed by atoms with E-state index in [2.05, 4.69) is 31.6 Å². The predicted octanol–water partition coefficient (Wildman–Crippen LogP) is 6.98. The van der Waals surface area contributed by atoms with E-state index in [0.29, 0.717) is 53.0 Å². The lowest BCUT2D eigenvalue weighted by Gasteiger charge is -2.14. The fourth-order valence-corrected chi connectivity index (χ4v) is 4.96. The van der Waals surface area contributed by atoms with Crippen LogP contribution in [0.15, 0.2) is 69.0 Å². The second-order valence-corrected chi connectivity index (χ2v) is 10.5. The summed E-state index contributed by atoms with van der Waals surface area (Å²) in [5.41, 5.74) is 2.86. The Balaban J connectivity index is 1.45. The van der Waals surface area contributed by atoms with Crippen molar-refractivity contribution < 1.29 is 19.1 Å². The quantitative estimate of drug-likeness (QED) is 0.278. The summed E-state index contributed by atoms with van der Waals surface area (Å²) in [4.78, 5) is 29.8. The molecule has 1 fully saturated rings. The molecule has 0 aliphatic carbocycles. The molecule has 0 spiro atoms. The Morgan fingerprint density at radius 3 is 2.62 bits per heavy atom. The molecule has 0 atom stereocenters. The van der Waals surface area contributed by atoms with Gasteiger partial charge in [-0.25, -0.2) is 4.99 Å². The van der Waals surface area contributed by atoms with E-state index in [4.69, 9.17) is 32.7 Å². The molecule has 0 radical (unpaired) electrons. The highest BCUT2D eigenvalue weighted by Gasteiger charge is 2.24. The van der Waals surface area contributed by atoms with Crippen molar-refractivity contribution in [1.29, 1.82) is 0 Å². The third-order valence-corrected chi connectivity index (χ3v) is 7.22. The number of rotatable bonds is 7. The van der Waals surface area contributed by atoms with E-state index in [-0.39, 0.29) is 18.4 Å². The van der Waals surface area contributed by atoms with Crippen LogP contribution < -0.4 is 20.1 Å². The molecule has 0 bridgehead atoms. The number of carbonyl (C=O) groups is 2.